The van der Waals surface area contributed by atoms with Crippen molar-refractivity contribution >= 4 is 28.3 Å². The molecule has 0 radical (unpaired) electrons. The second-order valence-corrected chi connectivity index (χ2v) is 5.78. The molecule has 0 atom stereocenters. The summed E-state index contributed by atoms with van der Waals surface area (Å²) in [5, 5.41) is 12.1. The van der Waals surface area contributed by atoms with Gasteiger partial charge in [0, 0.05) is 11.3 Å². The Labute approximate surface area is 104 Å². The maximum Gasteiger partial charge on any atom is 0.309 e. The predicted octanol–water partition coefficient (Wildman–Crippen LogP) is 2.20. The average Bonchev–Trinajstić information content (AvgIpc) is 2.43. The molecule has 0 spiro atoms. The Kier molecular flexibility index (Phi) is 3.87. The summed E-state index contributed by atoms with van der Waals surface area (Å²) in [5.74, 6) is -1.31. The van der Waals surface area contributed by atoms with Gasteiger partial charge in [-0.15, -0.1) is 11.3 Å². The van der Waals surface area contributed by atoms with Crippen LogP contribution in [0.1, 0.15) is 30.8 Å². The Morgan fingerprint density at radius 1 is 1.41 bits per heavy atom. The first-order valence-electron chi connectivity index (χ1n) is 5.19. The van der Waals surface area contributed by atoms with Gasteiger partial charge in [-0.25, -0.2) is 4.98 Å². The van der Waals surface area contributed by atoms with Crippen LogP contribution in [-0.2, 0) is 9.59 Å². The fourth-order valence-electron chi connectivity index (χ4n) is 1.17. The first kappa shape index (κ1) is 13.6. The highest BCUT2D eigenvalue weighted by Gasteiger charge is 2.30. The van der Waals surface area contributed by atoms with Gasteiger partial charge in [-0.1, -0.05) is 0 Å². The van der Waals surface area contributed by atoms with Gasteiger partial charge < -0.3 is 10.4 Å². The number of carboxylic acid groups (broad SMARTS) is 1. The number of aryl methyl sites for hydroxylation is 2. The fraction of sp³-hybridized carbons (Fsp3) is 0.545. The van der Waals surface area contributed by atoms with Crippen LogP contribution in [0.2, 0.25) is 0 Å². The number of amides is 1. The van der Waals surface area contributed by atoms with Crippen molar-refractivity contribution in [3.05, 3.63) is 10.6 Å². The summed E-state index contributed by atoms with van der Waals surface area (Å²) < 4.78 is 0. The van der Waals surface area contributed by atoms with Gasteiger partial charge in [-0.3, -0.25) is 9.59 Å². The highest BCUT2D eigenvalue weighted by atomic mass is 32.1. The molecular formula is C11H16N2O3S. The van der Waals surface area contributed by atoms with Crippen LogP contribution in [-0.4, -0.2) is 22.0 Å². The lowest BCUT2D eigenvalue weighted by atomic mass is 9.89. The lowest BCUT2D eigenvalue weighted by Gasteiger charge is -2.17. The molecule has 6 heteroatoms. The predicted molar refractivity (Wildman–Crippen MR) is 66.3 cm³/mol. The largest absolute Gasteiger partial charge is 0.481 e. The molecule has 0 aliphatic rings. The van der Waals surface area contributed by atoms with E-state index in [0.29, 0.717) is 5.13 Å². The zero-order valence-electron chi connectivity index (χ0n) is 10.3. The van der Waals surface area contributed by atoms with Gasteiger partial charge in [0.1, 0.15) is 0 Å². The van der Waals surface area contributed by atoms with Crippen molar-refractivity contribution in [2.75, 3.05) is 5.32 Å². The molecule has 0 unspecified atom stereocenters. The lowest BCUT2D eigenvalue weighted by Crippen LogP contribution is -2.29. The zero-order chi connectivity index (χ0) is 13.2. The molecule has 17 heavy (non-hydrogen) atoms. The summed E-state index contributed by atoms with van der Waals surface area (Å²) in [6.07, 6.45) is -0.0694. The monoisotopic (exact) mass is 256 g/mol. The molecule has 94 valence electrons. The molecule has 2 N–H and O–H groups in total. The Hall–Kier alpha value is -1.43. The summed E-state index contributed by atoms with van der Waals surface area (Å²) in [7, 11) is 0. The molecule has 0 aliphatic carbocycles. The first-order chi connectivity index (χ1) is 7.72. The maximum atomic E-state index is 11.6. The van der Waals surface area contributed by atoms with E-state index in [1.807, 2.05) is 13.8 Å². The average molecular weight is 256 g/mol. The number of hydrogen-bond donors (Lipinski definition) is 2. The number of thiazole rings is 1. The highest BCUT2D eigenvalue weighted by molar-refractivity contribution is 7.15. The molecule has 1 aromatic heterocycles. The molecule has 0 bridgehead atoms. The maximum absolute atomic E-state index is 11.6. The van der Waals surface area contributed by atoms with Crippen LogP contribution in [0.4, 0.5) is 5.13 Å². The summed E-state index contributed by atoms with van der Waals surface area (Å²) in [6, 6.07) is 0. The summed E-state index contributed by atoms with van der Waals surface area (Å²) in [5.41, 5.74) is -0.186. The van der Waals surface area contributed by atoms with E-state index >= 15 is 0 Å². The van der Waals surface area contributed by atoms with Gasteiger partial charge in [0.25, 0.3) is 0 Å². The van der Waals surface area contributed by atoms with E-state index in [9.17, 15) is 9.59 Å². The Morgan fingerprint density at radius 2 is 2.00 bits per heavy atom. The number of anilines is 1. The van der Waals surface area contributed by atoms with E-state index in [1.165, 1.54) is 25.2 Å². The zero-order valence-corrected chi connectivity index (χ0v) is 11.1. The Morgan fingerprint density at radius 3 is 2.41 bits per heavy atom. The molecule has 1 rings (SSSR count). The van der Waals surface area contributed by atoms with Gasteiger partial charge in [0.05, 0.1) is 11.1 Å². The molecule has 0 fully saturated rings. The molecule has 1 aromatic rings. The normalized spacial score (nSPS) is 11.3. The Bertz CT molecular complexity index is 432. The van der Waals surface area contributed by atoms with Crippen LogP contribution in [0.25, 0.3) is 0 Å². The van der Waals surface area contributed by atoms with Crippen molar-refractivity contribution in [3.8, 4) is 0 Å². The van der Waals surface area contributed by atoms with Crippen molar-refractivity contribution in [1.82, 2.24) is 4.98 Å². The number of aliphatic carboxylic acids is 1. The minimum absolute atomic E-state index is 0.0694. The van der Waals surface area contributed by atoms with Crippen molar-refractivity contribution < 1.29 is 14.7 Å². The standard InChI is InChI=1S/C11H16N2O3S/c1-6-7(2)17-10(12-6)13-8(14)5-11(3,4)9(15)16/h5H2,1-4H3,(H,15,16)(H,12,13,14). The van der Waals surface area contributed by atoms with E-state index < -0.39 is 11.4 Å². The van der Waals surface area contributed by atoms with E-state index in [0.717, 1.165) is 10.6 Å². The number of nitrogens with one attached hydrogen (secondary N) is 1. The molecule has 0 aromatic carbocycles. The molecule has 1 heterocycles. The number of rotatable bonds is 4. The molecule has 5 nitrogen and oxygen atoms in total. The summed E-state index contributed by atoms with van der Waals surface area (Å²) in [6.45, 7) is 6.83. The van der Waals surface area contributed by atoms with Crippen LogP contribution < -0.4 is 5.32 Å². The smallest absolute Gasteiger partial charge is 0.309 e. The SMILES string of the molecule is Cc1nc(NC(=O)CC(C)(C)C(=O)O)sc1C. The van der Waals surface area contributed by atoms with Crippen LogP contribution in [0, 0.1) is 19.3 Å². The quantitative estimate of drug-likeness (QED) is 0.865. The van der Waals surface area contributed by atoms with Crippen LogP contribution in [0.5, 0.6) is 0 Å². The lowest BCUT2D eigenvalue weighted by molar-refractivity contribution is -0.148. The number of carbonyl (C=O) groups is 2. The van der Waals surface area contributed by atoms with Crippen LogP contribution in [0.3, 0.4) is 0 Å². The van der Waals surface area contributed by atoms with Crippen molar-refractivity contribution in [3.63, 3.8) is 0 Å². The van der Waals surface area contributed by atoms with E-state index in [-0.39, 0.29) is 12.3 Å². The fourth-order valence-corrected chi connectivity index (χ4v) is 2.00. The topological polar surface area (TPSA) is 79.3 Å². The Balaban J connectivity index is 2.65. The third-order valence-electron chi connectivity index (χ3n) is 2.46. The minimum atomic E-state index is -1.06. The van der Waals surface area contributed by atoms with Gasteiger partial charge in [-0.2, -0.15) is 0 Å². The molecule has 0 saturated carbocycles. The first-order valence-corrected chi connectivity index (χ1v) is 6.01. The van der Waals surface area contributed by atoms with Crippen LogP contribution >= 0.6 is 11.3 Å². The van der Waals surface area contributed by atoms with Gasteiger partial charge >= 0.3 is 5.97 Å². The number of aromatic nitrogens is 1. The van der Waals surface area contributed by atoms with Gasteiger partial charge in [-0.05, 0) is 27.7 Å². The second kappa shape index (κ2) is 4.83. The number of nitrogens with zero attached hydrogens (tertiary/aromatic N) is 1. The number of hydrogen-bond acceptors (Lipinski definition) is 4. The summed E-state index contributed by atoms with van der Waals surface area (Å²) in [4.78, 5) is 27.7. The third-order valence-corrected chi connectivity index (χ3v) is 3.44. The molecule has 0 saturated heterocycles. The molecular weight excluding hydrogens is 240 g/mol. The van der Waals surface area contributed by atoms with Crippen molar-refractivity contribution in [1.29, 1.82) is 0 Å². The van der Waals surface area contributed by atoms with E-state index in [4.69, 9.17) is 5.11 Å². The van der Waals surface area contributed by atoms with E-state index in [1.54, 1.807) is 0 Å². The minimum Gasteiger partial charge on any atom is -0.481 e. The number of carbonyl (C=O) groups excluding carboxylic acids is 1. The van der Waals surface area contributed by atoms with Crippen molar-refractivity contribution in [2.24, 2.45) is 5.41 Å². The molecule has 1 amide bonds. The van der Waals surface area contributed by atoms with Gasteiger partial charge in [0.2, 0.25) is 5.91 Å². The summed E-state index contributed by atoms with van der Waals surface area (Å²) >= 11 is 1.39. The van der Waals surface area contributed by atoms with Gasteiger partial charge in [0.15, 0.2) is 5.13 Å². The second-order valence-electron chi connectivity index (χ2n) is 4.57. The van der Waals surface area contributed by atoms with Crippen LogP contribution in [0.15, 0.2) is 0 Å². The van der Waals surface area contributed by atoms with Crippen molar-refractivity contribution in [2.45, 2.75) is 34.1 Å². The number of carboxylic acids is 1. The molecule has 0 aliphatic heterocycles. The third kappa shape index (κ3) is 3.52. The van der Waals surface area contributed by atoms with E-state index in [2.05, 4.69) is 10.3 Å². The highest BCUT2D eigenvalue weighted by Crippen LogP contribution is 2.24.